The second-order valence-corrected chi connectivity index (χ2v) is 6.68. The third-order valence-corrected chi connectivity index (χ3v) is 4.79. The number of amides is 3. The molecule has 1 aromatic carbocycles. The number of benzene rings is 1. The number of carbonyl (C=O) groups is 4. The maximum atomic E-state index is 12.9. The molecule has 9 nitrogen and oxygen atoms in total. The molecule has 0 spiro atoms. The number of rotatable bonds is 5. The number of anilines is 1. The maximum absolute atomic E-state index is 12.9. The quantitative estimate of drug-likeness (QED) is 0.696. The van der Waals surface area contributed by atoms with Gasteiger partial charge >= 0.3 is 5.97 Å². The number of primary amides is 1. The van der Waals surface area contributed by atoms with E-state index in [0.29, 0.717) is 37.2 Å². The number of nitrogens with one attached hydrogen (secondary N) is 1. The Balaban J connectivity index is 1.76. The molecule has 0 atom stereocenters. The summed E-state index contributed by atoms with van der Waals surface area (Å²) < 4.78 is 0. The van der Waals surface area contributed by atoms with Gasteiger partial charge in [0.05, 0.1) is 11.3 Å². The number of aromatic carboxylic acids is 1. The molecule has 1 fully saturated rings. The highest BCUT2D eigenvalue weighted by Gasteiger charge is 2.27. The molecule has 1 aromatic heterocycles. The van der Waals surface area contributed by atoms with Gasteiger partial charge in [0.1, 0.15) is 11.4 Å². The summed E-state index contributed by atoms with van der Waals surface area (Å²) in [6.45, 7) is 0.799. The van der Waals surface area contributed by atoms with E-state index in [9.17, 15) is 19.2 Å². The van der Waals surface area contributed by atoms with Gasteiger partial charge in [-0.3, -0.25) is 14.4 Å². The van der Waals surface area contributed by atoms with Crippen LogP contribution < -0.4 is 11.1 Å². The molecule has 2 aromatic rings. The van der Waals surface area contributed by atoms with E-state index < -0.39 is 11.9 Å². The number of pyridine rings is 1. The Bertz CT molecular complexity index is 967. The van der Waals surface area contributed by atoms with E-state index in [4.69, 9.17) is 10.8 Å². The first-order valence-electron chi connectivity index (χ1n) is 9.06. The summed E-state index contributed by atoms with van der Waals surface area (Å²) in [6, 6.07) is 10.6. The molecular formula is C20H20N4O5. The van der Waals surface area contributed by atoms with Gasteiger partial charge in [0.15, 0.2) is 0 Å². The number of hydrogen-bond acceptors (Lipinski definition) is 5. The maximum Gasteiger partial charge on any atom is 0.354 e. The first-order chi connectivity index (χ1) is 13.9. The number of carboxylic acids is 1. The molecule has 29 heavy (non-hydrogen) atoms. The summed E-state index contributed by atoms with van der Waals surface area (Å²) in [5.41, 5.74) is 5.60. The summed E-state index contributed by atoms with van der Waals surface area (Å²) in [4.78, 5) is 53.2. The van der Waals surface area contributed by atoms with Gasteiger partial charge in [-0.05, 0) is 37.1 Å². The van der Waals surface area contributed by atoms with Gasteiger partial charge in [-0.2, -0.15) is 0 Å². The summed E-state index contributed by atoms with van der Waals surface area (Å²) in [6.07, 6.45) is 1.00. The molecule has 2 heterocycles. The molecule has 1 aliphatic heterocycles. The first-order valence-corrected chi connectivity index (χ1v) is 9.06. The molecule has 0 aliphatic carbocycles. The van der Waals surface area contributed by atoms with E-state index >= 15 is 0 Å². The van der Waals surface area contributed by atoms with Crippen molar-refractivity contribution in [3.8, 4) is 0 Å². The van der Waals surface area contributed by atoms with Gasteiger partial charge in [0.25, 0.3) is 11.8 Å². The van der Waals surface area contributed by atoms with Gasteiger partial charge in [-0.15, -0.1) is 0 Å². The molecule has 3 amide bonds. The standard InChI is InChI=1S/C20H20N4O5/c21-17(25)12-8-10-24(11-9-12)19(27)13-4-1-2-5-14(13)23-18(26)15-6-3-7-16(22-15)20(28)29/h1-7,12H,8-11H2,(H2,21,25)(H,23,26)(H,28,29). The highest BCUT2D eigenvalue weighted by molar-refractivity contribution is 6.08. The lowest BCUT2D eigenvalue weighted by Crippen LogP contribution is -2.42. The second-order valence-electron chi connectivity index (χ2n) is 6.68. The average Bonchev–Trinajstić information content (AvgIpc) is 2.73. The first kappa shape index (κ1) is 20.0. The van der Waals surface area contributed by atoms with Crippen LogP contribution in [0.5, 0.6) is 0 Å². The van der Waals surface area contributed by atoms with Gasteiger partial charge in [-0.25, -0.2) is 9.78 Å². The zero-order valence-electron chi connectivity index (χ0n) is 15.5. The van der Waals surface area contributed by atoms with Crippen molar-refractivity contribution in [1.82, 2.24) is 9.88 Å². The SMILES string of the molecule is NC(=O)C1CCN(C(=O)c2ccccc2NC(=O)c2cccc(C(=O)O)n2)CC1. The van der Waals surface area contributed by atoms with Crippen LogP contribution in [0.2, 0.25) is 0 Å². The Morgan fingerprint density at radius 3 is 2.31 bits per heavy atom. The topological polar surface area (TPSA) is 143 Å². The van der Waals surface area contributed by atoms with Crippen LogP contribution >= 0.6 is 0 Å². The monoisotopic (exact) mass is 396 g/mol. The number of likely N-dealkylation sites (tertiary alicyclic amines) is 1. The second kappa shape index (κ2) is 8.51. The van der Waals surface area contributed by atoms with Crippen molar-refractivity contribution >= 4 is 29.4 Å². The zero-order valence-corrected chi connectivity index (χ0v) is 15.5. The predicted molar refractivity (Wildman–Crippen MR) is 103 cm³/mol. The number of para-hydroxylation sites is 1. The minimum absolute atomic E-state index is 0.0746. The lowest BCUT2D eigenvalue weighted by Gasteiger charge is -2.31. The van der Waals surface area contributed by atoms with Crippen LogP contribution in [0.25, 0.3) is 0 Å². The molecule has 150 valence electrons. The number of hydrogen-bond donors (Lipinski definition) is 3. The summed E-state index contributed by atoms with van der Waals surface area (Å²) in [7, 11) is 0. The van der Waals surface area contributed by atoms with Crippen LogP contribution in [0.3, 0.4) is 0 Å². The molecule has 0 bridgehead atoms. The molecule has 9 heteroatoms. The van der Waals surface area contributed by atoms with Crippen molar-refractivity contribution in [3.05, 3.63) is 59.4 Å². The van der Waals surface area contributed by atoms with E-state index in [0.717, 1.165) is 0 Å². The Morgan fingerprint density at radius 1 is 1.00 bits per heavy atom. The van der Waals surface area contributed by atoms with Gasteiger partial charge in [0, 0.05) is 19.0 Å². The fraction of sp³-hybridized carbons (Fsp3) is 0.250. The fourth-order valence-electron chi connectivity index (χ4n) is 3.18. The summed E-state index contributed by atoms with van der Waals surface area (Å²) in [5, 5.41) is 11.6. The van der Waals surface area contributed by atoms with E-state index in [-0.39, 0.29) is 29.1 Å². The average molecular weight is 396 g/mol. The molecule has 3 rings (SSSR count). The van der Waals surface area contributed by atoms with Crippen molar-refractivity contribution in [3.63, 3.8) is 0 Å². The normalized spacial score (nSPS) is 14.3. The van der Waals surface area contributed by atoms with Crippen LogP contribution in [0.4, 0.5) is 5.69 Å². The Labute approximate surface area is 166 Å². The largest absolute Gasteiger partial charge is 0.477 e. The van der Waals surface area contributed by atoms with Crippen LogP contribution in [-0.2, 0) is 4.79 Å². The smallest absolute Gasteiger partial charge is 0.354 e. The lowest BCUT2D eigenvalue weighted by atomic mass is 9.95. The Hall–Kier alpha value is -3.75. The Morgan fingerprint density at radius 2 is 1.66 bits per heavy atom. The minimum Gasteiger partial charge on any atom is -0.477 e. The highest BCUT2D eigenvalue weighted by atomic mass is 16.4. The molecule has 1 aliphatic rings. The van der Waals surface area contributed by atoms with E-state index in [2.05, 4.69) is 10.3 Å². The van der Waals surface area contributed by atoms with Gasteiger partial charge in [0.2, 0.25) is 5.91 Å². The third kappa shape index (κ3) is 4.57. The molecular weight excluding hydrogens is 376 g/mol. The molecule has 0 radical (unpaired) electrons. The van der Waals surface area contributed by atoms with Crippen molar-refractivity contribution in [2.24, 2.45) is 11.7 Å². The lowest BCUT2D eigenvalue weighted by molar-refractivity contribution is -0.123. The summed E-state index contributed by atoms with van der Waals surface area (Å²) >= 11 is 0. The summed E-state index contributed by atoms with van der Waals surface area (Å²) in [5.74, 6) is -2.73. The van der Waals surface area contributed by atoms with Crippen molar-refractivity contribution in [2.75, 3.05) is 18.4 Å². The van der Waals surface area contributed by atoms with Gasteiger partial charge < -0.3 is 21.1 Å². The van der Waals surface area contributed by atoms with Crippen LogP contribution in [0.15, 0.2) is 42.5 Å². The van der Waals surface area contributed by atoms with E-state index in [1.165, 1.54) is 18.2 Å². The molecule has 4 N–H and O–H groups in total. The van der Waals surface area contributed by atoms with Crippen LogP contribution in [0, 0.1) is 5.92 Å². The number of nitrogens with zero attached hydrogens (tertiary/aromatic N) is 2. The number of aromatic nitrogens is 1. The van der Waals surface area contributed by atoms with Crippen LogP contribution in [-0.4, -0.2) is 51.8 Å². The zero-order chi connectivity index (χ0) is 21.0. The molecule has 1 saturated heterocycles. The number of carboxylic acid groups (broad SMARTS) is 1. The number of piperidine rings is 1. The van der Waals surface area contributed by atoms with Crippen molar-refractivity contribution < 1.29 is 24.3 Å². The third-order valence-electron chi connectivity index (χ3n) is 4.79. The van der Waals surface area contributed by atoms with Crippen molar-refractivity contribution in [2.45, 2.75) is 12.8 Å². The van der Waals surface area contributed by atoms with Gasteiger partial charge in [-0.1, -0.05) is 18.2 Å². The Kier molecular flexibility index (Phi) is 5.87. The molecule has 0 unspecified atom stereocenters. The minimum atomic E-state index is -1.24. The highest BCUT2D eigenvalue weighted by Crippen LogP contribution is 2.22. The molecule has 0 saturated carbocycles. The number of nitrogens with two attached hydrogens (primary N) is 1. The fourth-order valence-corrected chi connectivity index (χ4v) is 3.18. The van der Waals surface area contributed by atoms with E-state index in [1.54, 1.807) is 29.2 Å². The number of carbonyl (C=O) groups excluding carboxylic acids is 3. The van der Waals surface area contributed by atoms with Crippen molar-refractivity contribution in [1.29, 1.82) is 0 Å². The van der Waals surface area contributed by atoms with E-state index in [1.807, 2.05) is 0 Å². The predicted octanol–water partition coefficient (Wildman–Crippen LogP) is 1.37. The van der Waals surface area contributed by atoms with Crippen LogP contribution in [0.1, 0.15) is 44.2 Å².